The van der Waals surface area contributed by atoms with Gasteiger partial charge in [0.1, 0.15) is 5.82 Å². The molecule has 2 N–H and O–H groups in total. The Morgan fingerprint density at radius 2 is 2.06 bits per heavy atom. The van der Waals surface area contributed by atoms with Gasteiger partial charge in [-0.2, -0.15) is 15.0 Å². The number of nitrogens with zero attached hydrogens (tertiary/aromatic N) is 5. The highest BCUT2D eigenvalue weighted by atomic mass is 35.5. The monoisotopic (exact) mass is 238 g/mol. The highest BCUT2D eigenvalue weighted by Gasteiger charge is 2.10. The Morgan fingerprint density at radius 3 is 2.69 bits per heavy atom. The van der Waals surface area contributed by atoms with Gasteiger partial charge in [0.2, 0.25) is 17.2 Å². The first kappa shape index (κ1) is 10.8. The van der Waals surface area contributed by atoms with Gasteiger partial charge in [-0.3, -0.25) is 4.57 Å². The van der Waals surface area contributed by atoms with Gasteiger partial charge in [0.15, 0.2) is 0 Å². The third kappa shape index (κ3) is 1.96. The van der Waals surface area contributed by atoms with E-state index in [9.17, 15) is 0 Å². The second-order valence-electron chi connectivity index (χ2n) is 3.28. The van der Waals surface area contributed by atoms with Crippen LogP contribution in [0.25, 0.3) is 5.95 Å². The van der Waals surface area contributed by atoms with Crippen molar-refractivity contribution >= 4 is 17.5 Å². The van der Waals surface area contributed by atoms with Gasteiger partial charge >= 0.3 is 0 Å². The molecule has 0 bridgehead atoms. The van der Waals surface area contributed by atoms with E-state index in [0.717, 1.165) is 17.9 Å². The summed E-state index contributed by atoms with van der Waals surface area (Å²) in [6.45, 7) is 3.91. The van der Waals surface area contributed by atoms with Crippen LogP contribution in [0.15, 0.2) is 6.20 Å². The van der Waals surface area contributed by atoms with Crippen LogP contribution in [-0.2, 0) is 6.42 Å². The Bertz CT molecular complexity index is 500. The molecule has 0 fully saturated rings. The Labute approximate surface area is 97.5 Å². The van der Waals surface area contributed by atoms with Gasteiger partial charge in [0.25, 0.3) is 0 Å². The SMILES string of the molecule is CCc1nc(C)cn1-c1nc(N)nc(Cl)n1. The van der Waals surface area contributed by atoms with E-state index in [0.29, 0.717) is 5.95 Å². The summed E-state index contributed by atoms with van der Waals surface area (Å²) in [5, 5.41) is 0.0795. The summed E-state index contributed by atoms with van der Waals surface area (Å²) < 4.78 is 1.76. The van der Waals surface area contributed by atoms with Crippen LogP contribution in [0.3, 0.4) is 0 Å². The van der Waals surface area contributed by atoms with Crippen LogP contribution in [0.4, 0.5) is 5.95 Å². The van der Waals surface area contributed by atoms with Gasteiger partial charge in [-0.15, -0.1) is 0 Å². The van der Waals surface area contributed by atoms with E-state index in [-0.39, 0.29) is 11.2 Å². The van der Waals surface area contributed by atoms with E-state index in [4.69, 9.17) is 17.3 Å². The zero-order chi connectivity index (χ0) is 11.7. The molecule has 0 saturated heterocycles. The quantitative estimate of drug-likeness (QED) is 0.849. The van der Waals surface area contributed by atoms with E-state index >= 15 is 0 Å². The van der Waals surface area contributed by atoms with E-state index in [1.54, 1.807) is 4.57 Å². The molecule has 2 aromatic heterocycles. The maximum absolute atomic E-state index is 5.73. The number of nitrogen functional groups attached to an aromatic ring is 1. The van der Waals surface area contributed by atoms with Crippen LogP contribution in [0.5, 0.6) is 0 Å². The predicted octanol–water partition coefficient (Wildman–Crippen LogP) is 1.16. The van der Waals surface area contributed by atoms with E-state index in [1.165, 1.54) is 0 Å². The maximum Gasteiger partial charge on any atom is 0.241 e. The summed E-state index contributed by atoms with van der Waals surface area (Å²) in [4.78, 5) is 16.1. The predicted molar refractivity (Wildman–Crippen MR) is 60.5 cm³/mol. The van der Waals surface area contributed by atoms with Crippen molar-refractivity contribution in [1.82, 2.24) is 24.5 Å². The molecule has 2 aromatic rings. The summed E-state index contributed by atoms with van der Waals surface area (Å²) in [5.41, 5.74) is 6.41. The van der Waals surface area contributed by atoms with Gasteiger partial charge in [-0.1, -0.05) is 6.92 Å². The Hall–Kier alpha value is -1.69. The molecular formula is C9H11ClN6. The summed E-state index contributed by atoms with van der Waals surface area (Å²) in [5.74, 6) is 1.36. The number of aromatic nitrogens is 5. The molecule has 0 spiro atoms. The number of nitrogens with two attached hydrogens (primary N) is 1. The number of hydrogen-bond acceptors (Lipinski definition) is 5. The average molecular weight is 239 g/mol. The van der Waals surface area contributed by atoms with Crippen molar-refractivity contribution in [3.63, 3.8) is 0 Å². The third-order valence-corrected chi connectivity index (χ3v) is 2.21. The fraction of sp³-hybridized carbons (Fsp3) is 0.333. The molecular weight excluding hydrogens is 228 g/mol. The normalized spacial score (nSPS) is 10.7. The lowest BCUT2D eigenvalue weighted by molar-refractivity contribution is 0.826. The van der Waals surface area contributed by atoms with Crippen LogP contribution in [0, 0.1) is 6.92 Å². The first-order valence-electron chi connectivity index (χ1n) is 4.82. The van der Waals surface area contributed by atoms with Crippen LogP contribution >= 0.6 is 11.6 Å². The van der Waals surface area contributed by atoms with Crippen molar-refractivity contribution in [3.05, 3.63) is 23.0 Å². The molecule has 0 atom stereocenters. The van der Waals surface area contributed by atoms with Crippen molar-refractivity contribution in [2.75, 3.05) is 5.73 Å². The molecule has 16 heavy (non-hydrogen) atoms. The number of aryl methyl sites for hydroxylation is 2. The zero-order valence-electron chi connectivity index (χ0n) is 8.98. The minimum atomic E-state index is 0.0795. The summed E-state index contributed by atoms with van der Waals surface area (Å²) >= 11 is 5.73. The molecule has 0 aliphatic rings. The van der Waals surface area contributed by atoms with Crippen molar-refractivity contribution < 1.29 is 0 Å². The lowest BCUT2D eigenvalue weighted by Crippen LogP contribution is -2.08. The van der Waals surface area contributed by atoms with Gasteiger partial charge < -0.3 is 5.73 Å². The Morgan fingerprint density at radius 1 is 1.31 bits per heavy atom. The molecule has 2 rings (SSSR count). The number of hydrogen-bond donors (Lipinski definition) is 1. The zero-order valence-corrected chi connectivity index (χ0v) is 9.73. The van der Waals surface area contributed by atoms with E-state index in [2.05, 4.69) is 19.9 Å². The van der Waals surface area contributed by atoms with Crippen LogP contribution in [0.2, 0.25) is 5.28 Å². The standard InChI is InChI=1S/C9H11ClN6/c1-3-6-12-5(2)4-16(6)9-14-7(10)13-8(11)15-9/h4H,3H2,1-2H3,(H2,11,13,14,15). The summed E-state index contributed by atoms with van der Waals surface area (Å²) in [6.07, 6.45) is 2.61. The minimum absolute atomic E-state index is 0.0795. The Balaban J connectivity index is 2.57. The lowest BCUT2D eigenvalue weighted by Gasteiger charge is -2.04. The topological polar surface area (TPSA) is 82.5 Å². The Kier molecular flexibility index (Phi) is 2.74. The molecule has 0 amide bonds. The molecule has 6 nitrogen and oxygen atoms in total. The lowest BCUT2D eigenvalue weighted by atomic mass is 10.4. The molecule has 0 radical (unpaired) electrons. The highest BCUT2D eigenvalue weighted by Crippen LogP contribution is 2.12. The van der Waals surface area contributed by atoms with E-state index in [1.807, 2.05) is 20.0 Å². The second kappa shape index (κ2) is 4.05. The van der Waals surface area contributed by atoms with E-state index < -0.39 is 0 Å². The molecule has 2 heterocycles. The molecule has 0 saturated carbocycles. The number of halogens is 1. The second-order valence-corrected chi connectivity index (χ2v) is 3.62. The van der Waals surface area contributed by atoms with Gasteiger partial charge in [-0.05, 0) is 18.5 Å². The molecule has 0 aliphatic heterocycles. The summed E-state index contributed by atoms with van der Waals surface area (Å²) in [7, 11) is 0. The average Bonchev–Trinajstić information content (AvgIpc) is 2.58. The molecule has 0 aromatic carbocycles. The maximum atomic E-state index is 5.73. The first-order chi connectivity index (χ1) is 7.60. The molecule has 7 heteroatoms. The van der Waals surface area contributed by atoms with Crippen LogP contribution in [-0.4, -0.2) is 24.5 Å². The fourth-order valence-corrected chi connectivity index (χ4v) is 1.59. The molecule has 84 valence electrons. The third-order valence-electron chi connectivity index (χ3n) is 2.04. The van der Waals surface area contributed by atoms with Crippen molar-refractivity contribution in [1.29, 1.82) is 0 Å². The minimum Gasteiger partial charge on any atom is -0.368 e. The largest absolute Gasteiger partial charge is 0.368 e. The summed E-state index contributed by atoms with van der Waals surface area (Å²) in [6, 6.07) is 0. The number of anilines is 1. The van der Waals surface area contributed by atoms with Crippen molar-refractivity contribution in [2.45, 2.75) is 20.3 Å². The molecule has 0 unspecified atom stereocenters. The fourth-order valence-electron chi connectivity index (χ4n) is 1.43. The smallest absolute Gasteiger partial charge is 0.241 e. The van der Waals surface area contributed by atoms with Crippen LogP contribution < -0.4 is 5.73 Å². The van der Waals surface area contributed by atoms with Crippen LogP contribution in [0.1, 0.15) is 18.4 Å². The first-order valence-corrected chi connectivity index (χ1v) is 5.20. The van der Waals surface area contributed by atoms with Gasteiger partial charge in [-0.25, -0.2) is 4.98 Å². The number of rotatable bonds is 2. The van der Waals surface area contributed by atoms with Gasteiger partial charge in [0.05, 0.1) is 5.69 Å². The molecule has 0 aliphatic carbocycles. The van der Waals surface area contributed by atoms with Gasteiger partial charge in [0, 0.05) is 12.6 Å². The van der Waals surface area contributed by atoms with Crippen molar-refractivity contribution in [3.8, 4) is 5.95 Å². The number of imidazole rings is 1. The highest BCUT2D eigenvalue weighted by molar-refractivity contribution is 6.28. The van der Waals surface area contributed by atoms with Crippen molar-refractivity contribution in [2.24, 2.45) is 0 Å².